The Morgan fingerprint density at radius 2 is 1.59 bits per heavy atom. The van der Waals surface area contributed by atoms with Crippen molar-refractivity contribution in [2.75, 3.05) is 24.7 Å². The Morgan fingerprint density at radius 3 is 2.21 bits per heavy atom. The largest absolute Gasteiger partial charge is 0.493 e. The highest BCUT2D eigenvalue weighted by molar-refractivity contribution is 7.92. The summed E-state index contributed by atoms with van der Waals surface area (Å²) >= 11 is 0. The third-order valence-corrected chi connectivity index (χ3v) is 6.00. The first-order valence-corrected chi connectivity index (χ1v) is 12.3. The molecule has 34 heavy (non-hydrogen) atoms. The molecule has 0 aliphatic carbocycles. The molecule has 3 rings (SSSR count). The first-order chi connectivity index (χ1) is 16.1. The van der Waals surface area contributed by atoms with Crippen molar-refractivity contribution in [3.63, 3.8) is 0 Å². The fourth-order valence-electron chi connectivity index (χ4n) is 3.05. The van der Waals surface area contributed by atoms with Gasteiger partial charge in [-0.2, -0.15) is 4.98 Å². The van der Waals surface area contributed by atoms with Crippen LogP contribution in [0.1, 0.15) is 33.6 Å². The van der Waals surface area contributed by atoms with Crippen LogP contribution in [-0.2, 0) is 10.0 Å². The zero-order chi connectivity index (χ0) is 24.8. The molecule has 3 aromatic rings. The summed E-state index contributed by atoms with van der Waals surface area (Å²) in [5.41, 5.74) is 0.0175. The fraction of sp³-hybridized carbons (Fsp3) is 0.391. The molecule has 0 fully saturated rings. The number of nitrogens with one attached hydrogen (secondary N) is 1. The minimum atomic E-state index is -3.76. The lowest BCUT2D eigenvalue weighted by atomic mass is 9.91. The van der Waals surface area contributed by atoms with Gasteiger partial charge in [0.25, 0.3) is 5.88 Å². The van der Waals surface area contributed by atoms with Gasteiger partial charge in [-0.3, -0.25) is 4.72 Å². The van der Waals surface area contributed by atoms with Gasteiger partial charge in [-0.15, -0.1) is 0 Å². The van der Waals surface area contributed by atoms with Gasteiger partial charge in [-0.1, -0.05) is 32.9 Å². The number of rotatable bonds is 10. The summed E-state index contributed by atoms with van der Waals surface area (Å²) in [6, 6.07) is 8.58. The van der Waals surface area contributed by atoms with Gasteiger partial charge in [0.2, 0.25) is 21.6 Å². The average molecular weight is 488 g/mol. The molecule has 11 heteroatoms. The highest BCUT2D eigenvalue weighted by Crippen LogP contribution is 2.40. The second-order valence-electron chi connectivity index (χ2n) is 8.64. The number of anilines is 1. The monoisotopic (exact) mass is 487 g/mol. The van der Waals surface area contributed by atoms with E-state index in [1.807, 2.05) is 0 Å². The molecule has 1 aromatic carbocycles. The molecule has 0 atom stereocenters. The fourth-order valence-corrected chi connectivity index (χ4v) is 4.11. The van der Waals surface area contributed by atoms with Gasteiger partial charge < -0.3 is 14.2 Å². The van der Waals surface area contributed by atoms with E-state index in [2.05, 4.69) is 45.4 Å². The van der Waals surface area contributed by atoms with Crippen LogP contribution in [0.4, 0.5) is 5.82 Å². The Kier molecular flexibility index (Phi) is 7.87. The Hall–Kier alpha value is -3.47. The topological polar surface area (TPSA) is 125 Å². The maximum Gasteiger partial charge on any atom is 0.263 e. The Balaban J connectivity index is 2.04. The van der Waals surface area contributed by atoms with Crippen LogP contribution >= 0.6 is 0 Å². The van der Waals surface area contributed by atoms with Crippen LogP contribution in [0.5, 0.6) is 23.1 Å². The molecular weight excluding hydrogens is 458 g/mol. The van der Waals surface area contributed by atoms with E-state index in [1.54, 1.807) is 30.3 Å². The first kappa shape index (κ1) is 25.2. The Bertz CT molecular complexity index is 1210. The number of aromatic nitrogens is 4. The van der Waals surface area contributed by atoms with Crippen LogP contribution in [0.2, 0.25) is 0 Å². The summed E-state index contributed by atoms with van der Waals surface area (Å²) in [4.78, 5) is 17.0. The minimum absolute atomic E-state index is 0.00826. The normalized spacial score (nSPS) is 11.7. The average Bonchev–Trinajstić information content (AvgIpc) is 2.79. The number of ether oxygens (including phenoxy) is 3. The Morgan fingerprint density at radius 1 is 0.912 bits per heavy atom. The predicted octanol–water partition coefficient (Wildman–Crippen LogP) is 4.31. The van der Waals surface area contributed by atoms with Crippen molar-refractivity contribution >= 4 is 15.8 Å². The molecule has 2 aromatic heterocycles. The standard InChI is InChI=1S/C23H29N5O5S/c1-23(2,3)12-8-15-34(29,30)28-19-18(33-17-11-7-6-10-16(17)31-4)22(32-5)27-21(26-19)20-24-13-9-14-25-20/h6-7,9-11,13-14H,8,12,15H2,1-5H3,(H,26,27,28). The van der Waals surface area contributed by atoms with Crippen molar-refractivity contribution in [3.8, 4) is 34.8 Å². The van der Waals surface area contributed by atoms with Crippen LogP contribution in [0, 0.1) is 5.41 Å². The second kappa shape index (κ2) is 10.6. The number of benzene rings is 1. The van der Waals surface area contributed by atoms with E-state index in [4.69, 9.17) is 14.2 Å². The summed E-state index contributed by atoms with van der Waals surface area (Å²) in [6.45, 7) is 6.19. The van der Waals surface area contributed by atoms with Crippen LogP contribution < -0.4 is 18.9 Å². The van der Waals surface area contributed by atoms with Crippen molar-refractivity contribution in [2.24, 2.45) is 5.41 Å². The predicted molar refractivity (Wildman–Crippen MR) is 129 cm³/mol. The van der Waals surface area contributed by atoms with Gasteiger partial charge in [0, 0.05) is 12.4 Å². The molecular formula is C23H29N5O5S. The summed E-state index contributed by atoms with van der Waals surface area (Å²) in [7, 11) is -0.857. The van der Waals surface area contributed by atoms with E-state index in [-0.39, 0.29) is 40.3 Å². The van der Waals surface area contributed by atoms with E-state index in [0.29, 0.717) is 17.9 Å². The third kappa shape index (κ3) is 6.77. The minimum Gasteiger partial charge on any atom is -0.493 e. The van der Waals surface area contributed by atoms with E-state index < -0.39 is 10.0 Å². The molecule has 10 nitrogen and oxygen atoms in total. The van der Waals surface area contributed by atoms with Crippen molar-refractivity contribution < 1.29 is 22.6 Å². The van der Waals surface area contributed by atoms with Crippen LogP contribution in [0.25, 0.3) is 11.6 Å². The molecule has 0 amide bonds. The molecule has 0 radical (unpaired) electrons. The van der Waals surface area contributed by atoms with Gasteiger partial charge in [0.1, 0.15) is 0 Å². The van der Waals surface area contributed by atoms with Crippen molar-refractivity contribution in [2.45, 2.75) is 33.6 Å². The number of hydrogen-bond donors (Lipinski definition) is 1. The van der Waals surface area contributed by atoms with E-state index >= 15 is 0 Å². The van der Waals surface area contributed by atoms with Crippen LogP contribution in [0.15, 0.2) is 42.7 Å². The molecule has 0 unspecified atom stereocenters. The number of sulfonamides is 1. The molecule has 2 heterocycles. The molecule has 0 aliphatic rings. The Labute approximate surface area is 199 Å². The number of nitrogens with zero attached hydrogens (tertiary/aromatic N) is 4. The third-order valence-electron chi connectivity index (χ3n) is 4.67. The van der Waals surface area contributed by atoms with Crippen LogP contribution in [0.3, 0.4) is 0 Å². The summed E-state index contributed by atoms with van der Waals surface area (Å²) in [5, 5.41) is 0. The summed E-state index contributed by atoms with van der Waals surface area (Å²) in [5.74, 6) is 0.901. The van der Waals surface area contributed by atoms with Crippen molar-refractivity contribution in [1.82, 2.24) is 19.9 Å². The highest BCUT2D eigenvalue weighted by Gasteiger charge is 2.25. The summed E-state index contributed by atoms with van der Waals surface area (Å²) < 4.78 is 45.2. The lowest BCUT2D eigenvalue weighted by Crippen LogP contribution is -2.20. The van der Waals surface area contributed by atoms with Gasteiger partial charge >= 0.3 is 0 Å². The zero-order valence-corrected chi connectivity index (χ0v) is 20.7. The molecule has 0 spiro atoms. The smallest absolute Gasteiger partial charge is 0.263 e. The lowest BCUT2D eigenvalue weighted by Gasteiger charge is -2.19. The van der Waals surface area contributed by atoms with Crippen molar-refractivity contribution in [1.29, 1.82) is 0 Å². The maximum absolute atomic E-state index is 12.9. The molecule has 0 saturated heterocycles. The second-order valence-corrected chi connectivity index (χ2v) is 10.5. The van der Waals surface area contributed by atoms with Gasteiger partial charge in [0.05, 0.1) is 20.0 Å². The number of hydrogen-bond acceptors (Lipinski definition) is 9. The lowest BCUT2D eigenvalue weighted by molar-refractivity contribution is 0.348. The van der Waals surface area contributed by atoms with Crippen molar-refractivity contribution in [3.05, 3.63) is 42.7 Å². The van der Waals surface area contributed by atoms with Gasteiger partial charge in [-0.25, -0.2) is 23.4 Å². The maximum atomic E-state index is 12.9. The molecule has 1 N–H and O–H groups in total. The highest BCUT2D eigenvalue weighted by atomic mass is 32.2. The number of para-hydroxylation sites is 2. The molecule has 0 aliphatic heterocycles. The van der Waals surface area contributed by atoms with E-state index in [1.165, 1.54) is 26.6 Å². The summed E-state index contributed by atoms with van der Waals surface area (Å²) in [6.07, 6.45) is 4.30. The molecule has 182 valence electrons. The quantitative estimate of drug-likeness (QED) is 0.445. The van der Waals surface area contributed by atoms with Gasteiger partial charge in [-0.05, 0) is 36.5 Å². The van der Waals surface area contributed by atoms with E-state index in [0.717, 1.165) is 6.42 Å². The molecule has 0 saturated carbocycles. The zero-order valence-electron chi connectivity index (χ0n) is 19.9. The van der Waals surface area contributed by atoms with Gasteiger partial charge in [0.15, 0.2) is 23.1 Å². The van der Waals surface area contributed by atoms with E-state index in [9.17, 15) is 8.42 Å². The number of methoxy groups -OCH3 is 2. The molecule has 0 bridgehead atoms. The first-order valence-electron chi connectivity index (χ1n) is 10.7. The SMILES string of the molecule is COc1ccccc1Oc1c(NS(=O)(=O)CCCC(C)(C)C)nc(-c2ncccn2)nc1OC. The van der Waals surface area contributed by atoms with Crippen LogP contribution in [-0.4, -0.2) is 48.3 Å².